The van der Waals surface area contributed by atoms with Crippen LogP contribution in [0.4, 0.5) is 11.6 Å². The Balaban J connectivity index is 1.61. The number of sulfone groups is 1. The minimum absolute atomic E-state index is 0.0745. The van der Waals surface area contributed by atoms with Crippen molar-refractivity contribution in [3.8, 4) is 11.3 Å². The maximum atomic E-state index is 13.1. The standard InChI is InChI=1S/C19H25N7O3S/c1-11(12-3-4-12)26-10-13(17-16(19(26)27)18(20)22-21-17)14-9-15(24(2)23-14)25-5-7-30(28,29)8-6-25/h9-12H,3-8H2,1-2H3,(H3,20,21,22)/t11-/m0/s1. The molecule has 2 aliphatic rings. The molecule has 3 N–H and O–H groups in total. The summed E-state index contributed by atoms with van der Waals surface area (Å²) in [6, 6.07) is 2.01. The summed E-state index contributed by atoms with van der Waals surface area (Å²) in [5, 5.41) is 12.0. The van der Waals surface area contributed by atoms with Gasteiger partial charge in [-0.05, 0) is 25.7 Å². The third kappa shape index (κ3) is 3.08. The van der Waals surface area contributed by atoms with Crippen molar-refractivity contribution < 1.29 is 8.42 Å². The summed E-state index contributed by atoms with van der Waals surface area (Å²) < 4.78 is 27.1. The van der Waals surface area contributed by atoms with E-state index >= 15 is 0 Å². The average Bonchev–Trinajstić information content (AvgIpc) is 3.38. The zero-order chi connectivity index (χ0) is 21.2. The van der Waals surface area contributed by atoms with Crippen molar-refractivity contribution in [2.45, 2.75) is 25.8 Å². The molecule has 0 spiro atoms. The van der Waals surface area contributed by atoms with Crippen molar-refractivity contribution in [1.29, 1.82) is 0 Å². The van der Waals surface area contributed by atoms with Gasteiger partial charge in [0, 0.05) is 44.0 Å². The number of nitrogens with two attached hydrogens (primary N) is 1. The van der Waals surface area contributed by atoms with Crippen LogP contribution in [0.25, 0.3) is 22.2 Å². The molecule has 0 unspecified atom stereocenters. The lowest BCUT2D eigenvalue weighted by atomic mass is 10.1. The van der Waals surface area contributed by atoms with E-state index in [2.05, 4.69) is 22.2 Å². The van der Waals surface area contributed by atoms with Crippen molar-refractivity contribution in [2.75, 3.05) is 35.2 Å². The number of hydrogen-bond acceptors (Lipinski definition) is 7. The zero-order valence-electron chi connectivity index (χ0n) is 17.0. The number of nitrogens with zero attached hydrogens (tertiary/aromatic N) is 5. The highest BCUT2D eigenvalue weighted by Gasteiger charge is 2.31. The Kier molecular flexibility index (Phi) is 4.21. The number of aromatic nitrogens is 5. The van der Waals surface area contributed by atoms with Crippen molar-refractivity contribution in [3.63, 3.8) is 0 Å². The molecule has 3 aromatic heterocycles. The van der Waals surface area contributed by atoms with Gasteiger partial charge >= 0.3 is 0 Å². The summed E-state index contributed by atoms with van der Waals surface area (Å²) in [7, 11) is -1.13. The van der Waals surface area contributed by atoms with E-state index in [1.54, 1.807) is 9.25 Å². The van der Waals surface area contributed by atoms with Gasteiger partial charge in [-0.3, -0.25) is 14.6 Å². The molecule has 1 saturated heterocycles. The van der Waals surface area contributed by atoms with Crippen LogP contribution in [0.5, 0.6) is 0 Å². The van der Waals surface area contributed by atoms with Gasteiger partial charge in [-0.2, -0.15) is 10.2 Å². The SMILES string of the molecule is C[C@@H](C1CC1)n1cc(-c2cc(N3CCS(=O)(=O)CC3)n(C)n2)c2[nH]nc(N)c2c1=O. The predicted octanol–water partition coefficient (Wildman–Crippen LogP) is 0.913. The molecule has 0 bridgehead atoms. The second kappa shape index (κ2) is 6.59. The number of anilines is 2. The quantitative estimate of drug-likeness (QED) is 0.627. The molecule has 1 saturated carbocycles. The van der Waals surface area contributed by atoms with E-state index in [0.717, 1.165) is 24.2 Å². The molecule has 0 radical (unpaired) electrons. The molecule has 30 heavy (non-hydrogen) atoms. The van der Waals surface area contributed by atoms with Crippen LogP contribution in [0.1, 0.15) is 25.8 Å². The Morgan fingerprint density at radius 3 is 2.63 bits per heavy atom. The van der Waals surface area contributed by atoms with E-state index in [-0.39, 0.29) is 28.9 Å². The number of aryl methyl sites for hydroxylation is 1. The second-order valence-corrected chi connectivity index (χ2v) is 10.6. The highest BCUT2D eigenvalue weighted by molar-refractivity contribution is 7.91. The van der Waals surface area contributed by atoms with Crippen LogP contribution in [0.3, 0.4) is 0 Å². The van der Waals surface area contributed by atoms with Crippen molar-refractivity contribution in [1.82, 2.24) is 24.5 Å². The van der Waals surface area contributed by atoms with Gasteiger partial charge in [-0.15, -0.1) is 0 Å². The van der Waals surface area contributed by atoms with E-state index in [1.807, 2.05) is 24.2 Å². The van der Waals surface area contributed by atoms with Gasteiger partial charge in [0.05, 0.1) is 22.7 Å². The molecular formula is C19H25N7O3S. The first-order valence-corrected chi connectivity index (χ1v) is 12.0. The maximum absolute atomic E-state index is 13.1. The fourth-order valence-corrected chi connectivity index (χ4v) is 5.49. The fourth-order valence-electron chi connectivity index (χ4n) is 4.29. The van der Waals surface area contributed by atoms with E-state index < -0.39 is 9.84 Å². The van der Waals surface area contributed by atoms with E-state index in [9.17, 15) is 13.2 Å². The Morgan fingerprint density at radius 2 is 1.97 bits per heavy atom. The molecule has 0 aromatic carbocycles. The first-order valence-electron chi connectivity index (χ1n) is 10.1. The Labute approximate surface area is 173 Å². The molecular weight excluding hydrogens is 406 g/mol. The molecule has 11 heteroatoms. The Morgan fingerprint density at radius 1 is 1.27 bits per heavy atom. The Bertz CT molecular complexity index is 1290. The summed E-state index contributed by atoms with van der Waals surface area (Å²) in [5.41, 5.74) is 7.89. The minimum Gasteiger partial charge on any atom is -0.382 e. The van der Waals surface area contributed by atoms with Gasteiger partial charge < -0.3 is 15.2 Å². The first kappa shape index (κ1) is 19.2. The van der Waals surface area contributed by atoms with Crippen molar-refractivity contribution in [2.24, 2.45) is 13.0 Å². The number of rotatable bonds is 4. The number of pyridine rings is 1. The molecule has 160 valence electrons. The molecule has 10 nitrogen and oxygen atoms in total. The lowest BCUT2D eigenvalue weighted by Gasteiger charge is -2.28. The van der Waals surface area contributed by atoms with E-state index in [4.69, 9.17) is 5.73 Å². The molecule has 1 atom stereocenters. The molecule has 1 aliphatic carbocycles. The highest BCUT2D eigenvalue weighted by atomic mass is 32.2. The number of hydrogen-bond donors (Lipinski definition) is 2. The summed E-state index contributed by atoms with van der Waals surface area (Å²) in [5.74, 6) is 1.80. The normalized spacial score (nSPS) is 20.0. The molecule has 0 amide bonds. The lowest BCUT2D eigenvalue weighted by Crippen LogP contribution is -2.41. The summed E-state index contributed by atoms with van der Waals surface area (Å²) >= 11 is 0. The third-order valence-corrected chi connectivity index (χ3v) is 7.93. The number of nitrogens with one attached hydrogen (secondary N) is 1. The molecule has 2 fully saturated rings. The van der Waals surface area contributed by atoms with Gasteiger partial charge in [0.1, 0.15) is 11.2 Å². The maximum Gasteiger partial charge on any atom is 0.264 e. The average molecular weight is 432 g/mol. The van der Waals surface area contributed by atoms with Crippen LogP contribution >= 0.6 is 0 Å². The zero-order valence-corrected chi connectivity index (χ0v) is 17.8. The van der Waals surface area contributed by atoms with Crippen molar-refractivity contribution in [3.05, 3.63) is 22.6 Å². The largest absolute Gasteiger partial charge is 0.382 e. The number of H-pyrrole nitrogens is 1. The van der Waals surface area contributed by atoms with Crippen LogP contribution in [0, 0.1) is 5.92 Å². The van der Waals surface area contributed by atoms with Crippen LogP contribution in [0.15, 0.2) is 17.1 Å². The summed E-state index contributed by atoms with van der Waals surface area (Å²) in [6.45, 7) is 2.93. The topological polar surface area (TPSA) is 132 Å². The van der Waals surface area contributed by atoms with Crippen LogP contribution < -0.4 is 16.2 Å². The van der Waals surface area contributed by atoms with Gasteiger partial charge in [0.15, 0.2) is 15.7 Å². The Hall–Kier alpha value is -2.82. The number of fused-ring (bicyclic) bond motifs is 1. The van der Waals surface area contributed by atoms with Gasteiger partial charge in [-0.25, -0.2) is 8.42 Å². The van der Waals surface area contributed by atoms with E-state index in [0.29, 0.717) is 35.6 Å². The highest BCUT2D eigenvalue weighted by Crippen LogP contribution is 2.40. The van der Waals surface area contributed by atoms with Crippen molar-refractivity contribution >= 4 is 32.4 Å². The molecule has 1 aliphatic heterocycles. The predicted molar refractivity (Wildman–Crippen MR) is 115 cm³/mol. The number of nitrogen functional groups attached to an aromatic ring is 1. The second-order valence-electron chi connectivity index (χ2n) is 8.34. The van der Waals surface area contributed by atoms with E-state index in [1.165, 1.54) is 0 Å². The molecule has 4 heterocycles. The lowest BCUT2D eigenvalue weighted by molar-refractivity contribution is 0.474. The van der Waals surface area contributed by atoms with Gasteiger partial charge in [0.25, 0.3) is 5.56 Å². The number of aromatic amines is 1. The summed E-state index contributed by atoms with van der Waals surface area (Å²) in [6.07, 6.45) is 4.08. The minimum atomic E-state index is -2.97. The fraction of sp³-hybridized carbons (Fsp3) is 0.526. The monoisotopic (exact) mass is 431 g/mol. The first-order chi connectivity index (χ1) is 14.2. The molecule has 5 rings (SSSR count). The summed E-state index contributed by atoms with van der Waals surface area (Å²) in [4.78, 5) is 15.1. The smallest absolute Gasteiger partial charge is 0.264 e. The van der Waals surface area contributed by atoms with Crippen LogP contribution in [-0.2, 0) is 16.9 Å². The molecule has 3 aromatic rings. The van der Waals surface area contributed by atoms with Crippen LogP contribution in [0.2, 0.25) is 0 Å². The van der Waals surface area contributed by atoms with Gasteiger partial charge in [0.2, 0.25) is 0 Å². The van der Waals surface area contributed by atoms with Crippen LogP contribution in [-0.4, -0.2) is 57.6 Å². The van der Waals surface area contributed by atoms with Gasteiger partial charge in [-0.1, -0.05) is 0 Å². The third-order valence-electron chi connectivity index (χ3n) is 6.32.